The van der Waals surface area contributed by atoms with Gasteiger partial charge in [0, 0.05) is 33.8 Å². The van der Waals surface area contributed by atoms with E-state index >= 15 is 0 Å². The van der Waals surface area contributed by atoms with E-state index in [1.807, 2.05) is 36.4 Å². The van der Waals surface area contributed by atoms with E-state index in [-0.39, 0.29) is 16.5 Å². The highest BCUT2D eigenvalue weighted by Crippen LogP contribution is 2.45. The fourth-order valence-corrected chi connectivity index (χ4v) is 6.95. The number of hydrogen-bond acceptors (Lipinski definition) is 9. The van der Waals surface area contributed by atoms with Crippen LogP contribution in [0.3, 0.4) is 0 Å². The molecular weight excluding hydrogens is 627 g/mol. The molecule has 43 heavy (non-hydrogen) atoms. The van der Waals surface area contributed by atoms with E-state index in [0.717, 1.165) is 16.9 Å². The molecule has 0 aliphatic carbocycles. The van der Waals surface area contributed by atoms with Gasteiger partial charge in [0.1, 0.15) is 17.3 Å². The summed E-state index contributed by atoms with van der Waals surface area (Å²) in [6.07, 6.45) is 2.99. The third-order valence-corrected chi connectivity index (χ3v) is 9.21. The summed E-state index contributed by atoms with van der Waals surface area (Å²) < 4.78 is 6.59. The number of amides is 1. The number of rotatable bonds is 8. The van der Waals surface area contributed by atoms with Crippen molar-refractivity contribution in [3.05, 3.63) is 130 Å². The molecule has 1 saturated heterocycles. The Bertz CT molecular complexity index is 1850. The molecule has 0 saturated carbocycles. The number of para-hydroxylation sites is 1. The summed E-state index contributed by atoms with van der Waals surface area (Å²) in [6.45, 7) is 0. The highest BCUT2D eigenvalue weighted by atomic mass is 35.5. The molecule has 214 valence electrons. The normalized spacial score (nSPS) is 16.0. The third-order valence-electron chi connectivity index (χ3n) is 6.52. The lowest BCUT2D eigenvalue weighted by molar-refractivity contribution is -0.132. The van der Waals surface area contributed by atoms with E-state index in [1.165, 1.54) is 29.1 Å². The van der Waals surface area contributed by atoms with Crippen molar-refractivity contribution in [2.24, 2.45) is 0 Å². The van der Waals surface area contributed by atoms with Crippen molar-refractivity contribution in [3.63, 3.8) is 0 Å². The van der Waals surface area contributed by atoms with Crippen LogP contribution < -0.4 is 9.64 Å². The second-order valence-electron chi connectivity index (χ2n) is 9.27. The van der Waals surface area contributed by atoms with Gasteiger partial charge < -0.3 is 9.84 Å². The fourth-order valence-electron chi connectivity index (χ4n) is 4.52. The molecule has 1 N–H and O–H groups in total. The van der Waals surface area contributed by atoms with Crippen LogP contribution >= 0.6 is 46.3 Å². The molecule has 1 aliphatic rings. The summed E-state index contributed by atoms with van der Waals surface area (Å²) in [5.41, 5.74) is 1.68. The highest BCUT2D eigenvalue weighted by molar-refractivity contribution is 8.00. The van der Waals surface area contributed by atoms with Gasteiger partial charge >= 0.3 is 5.91 Å². The number of aliphatic hydroxyl groups excluding tert-OH is 1. The number of anilines is 1. The van der Waals surface area contributed by atoms with Crippen molar-refractivity contribution in [1.82, 2.24) is 15.2 Å². The first-order valence-corrected chi connectivity index (χ1v) is 15.4. The maximum absolute atomic E-state index is 13.6. The van der Waals surface area contributed by atoms with Gasteiger partial charge in [-0.1, -0.05) is 82.7 Å². The van der Waals surface area contributed by atoms with Crippen molar-refractivity contribution >= 4 is 68.9 Å². The SMILES string of the molecule is O=C1C(=O)N(c2nnc(SCc3ccc(Cl)cc3Cl)s2)C(c2cccc(Oc3ccccc3)c2)/C1=C(\O)c1ccncc1. The zero-order chi connectivity index (χ0) is 29.9. The Labute approximate surface area is 264 Å². The number of thioether (sulfide) groups is 1. The number of aromatic nitrogens is 3. The largest absolute Gasteiger partial charge is 0.507 e. The number of nitrogens with zero attached hydrogens (tertiary/aromatic N) is 4. The van der Waals surface area contributed by atoms with Gasteiger partial charge in [-0.05, 0) is 59.7 Å². The molecule has 0 bridgehead atoms. The minimum atomic E-state index is -0.996. The first kappa shape index (κ1) is 28.9. The van der Waals surface area contributed by atoms with Gasteiger partial charge in [0.2, 0.25) is 5.13 Å². The van der Waals surface area contributed by atoms with Crippen LogP contribution in [0.15, 0.2) is 107 Å². The van der Waals surface area contributed by atoms with Crippen LogP contribution in [-0.2, 0) is 15.3 Å². The maximum atomic E-state index is 13.6. The molecule has 8 nitrogen and oxygen atoms in total. The molecule has 1 unspecified atom stereocenters. The fraction of sp³-hybridized carbons (Fsp3) is 0.0645. The van der Waals surface area contributed by atoms with Gasteiger partial charge in [0.15, 0.2) is 4.34 Å². The first-order valence-electron chi connectivity index (χ1n) is 12.8. The van der Waals surface area contributed by atoms with Crippen LogP contribution in [-0.4, -0.2) is 32.0 Å². The molecule has 1 fully saturated rings. The molecule has 6 rings (SSSR count). The standard InChI is InChI=1S/C31H20Cl2N4O4S2/c32-21-10-9-20(24(33)16-21)17-42-31-36-35-30(43-31)37-26(19-5-4-8-23(15-19)41-22-6-2-1-3-7-22)25(28(39)29(37)40)27(38)18-11-13-34-14-12-18/h1-16,26,38H,17H2/b27-25+. The van der Waals surface area contributed by atoms with E-state index in [4.69, 9.17) is 27.9 Å². The number of ether oxygens (including phenoxy) is 1. The van der Waals surface area contributed by atoms with Crippen LogP contribution in [0.5, 0.6) is 11.5 Å². The first-order chi connectivity index (χ1) is 20.9. The average Bonchev–Trinajstić information content (AvgIpc) is 3.59. The van der Waals surface area contributed by atoms with Gasteiger partial charge in [-0.15, -0.1) is 10.2 Å². The summed E-state index contributed by atoms with van der Waals surface area (Å²) in [4.78, 5) is 32.3. The molecule has 3 heterocycles. The van der Waals surface area contributed by atoms with Crippen LogP contribution in [0.2, 0.25) is 10.0 Å². The Kier molecular flexibility index (Phi) is 8.44. The Morgan fingerprint density at radius 2 is 1.70 bits per heavy atom. The van der Waals surface area contributed by atoms with E-state index in [9.17, 15) is 14.7 Å². The molecule has 12 heteroatoms. The van der Waals surface area contributed by atoms with Crippen molar-refractivity contribution in [3.8, 4) is 11.5 Å². The number of carbonyl (C=O) groups is 2. The Hall–Kier alpha value is -4.22. The molecule has 1 atom stereocenters. The number of carbonyl (C=O) groups excluding carboxylic acids is 2. The predicted octanol–water partition coefficient (Wildman–Crippen LogP) is 7.95. The van der Waals surface area contributed by atoms with Gasteiger partial charge in [-0.2, -0.15) is 0 Å². The van der Waals surface area contributed by atoms with Crippen molar-refractivity contribution in [1.29, 1.82) is 0 Å². The van der Waals surface area contributed by atoms with Gasteiger partial charge in [-0.3, -0.25) is 19.5 Å². The molecule has 0 radical (unpaired) electrons. The van der Waals surface area contributed by atoms with Crippen LogP contribution in [0.25, 0.3) is 5.76 Å². The molecular formula is C31H20Cl2N4O4S2. The lowest BCUT2D eigenvalue weighted by Crippen LogP contribution is -2.29. The average molecular weight is 648 g/mol. The van der Waals surface area contributed by atoms with Crippen LogP contribution in [0.1, 0.15) is 22.7 Å². The Balaban J connectivity index is 1.38. The Morgan fingerprint density at radius 1 is 0.930 bits per heavy atom. The number of aliphatic hydroxyl groups is 1. The minimum absolute atomic E-state index is 0.0783. The third kappa shape index (κ3) is 6.14. The number of pyridine rings is 1. The number of benzene rings is 3. The summed E-state index contributed by atoms with van der Waals surface area (Å²) in [5, 5.41) is 21.1. The molecule has 0 spiro atoms. The summed E-state index contributed by atoms with van der Waals surface area (Å²) in [7, 11) is 0. The zero-order valence-corrected chi connectivity index (χ0v) is 25.2. The van der Waals surface area contributed by atoms with Gasteiger partial charge in [0.25, 0.3) is 5.78 Å². The number of Topliss-reactive ketones (excluding diaryl/α,β-unsaturated/α-hetero) is 1. The summed E-state index contributed by atoms with van der Waals surface area (Å²) >= 11 is 14.9. The van der Waals surface area contributed by atoms with E-state index in [1.54, 1.807) is 48.5 Å². The summed E-state index contributed by atoms with van der Waals surface area (Å²) in [6, 6.07) is 23.7. The number of hydrogen-bond donors (Lipinski definition) is 1. The molecule has 3 aromatic carbocycles. The second-order valence-corrected chi connectivity index (χ2v) is 12.3. The van der Waals surface area contributed by atoms with E-state index < -0.39 is 17.7 Å². The van der Waals surface area contributed by atoms with Crippen LogP contribution in [0.4, 0.5) is 5.13 Å². The van der Waals surface area contributed by atoms with E-state index in [2.05, 4.69) is 15.2 Å². The van der Waals surface area contributed by atoms with Crippen LogP contribution in [0, 0.1) is 0 Å². The molecule has 1 aliphatic heterocycles. The van der Waals surface area contributed by atoms with E-state index in [0.29, 0.717) is 42.8 Å². The smallest absolute Gasteiger partial charge is 0.301 e. The second kappa shape index (κ2) is 12.6. The minimum Gasteiger partial charge on any atom is -0.507 e. The van der Waals surface area contributed by atoms with Gasteiger partial charge in [0.05, 0.1) is 11.6 Å². The summed E-state index contributed by atoms with van der Waals surface area (Å²) in [5.74, 6) is -0.384. The molecule has 2 aromatic heterocycles. The monoisotopic (exact) mass is 646 g/mol. The number of halogens is 2. The highest BCUT2D eigenvalue weighted by Gasteiger charge is 2.48. The topological polar surface area (TPSA) is 106 Å². The van der Waals surface area contributed by atoms with Crippen molar-refractivity contribution in [2.75, 3.05) is 4.90 Å². The number of ketones is 1. The molecule has 1 amide bonds. The van der Waals surface area contributed by atoms with Crippen molar-refractivity contribution < 1.29 is 19.4 Å². The zero-order valence-electron chi connectivity index (χ0n) is 22.1. The molecule has 5 aromatic rings. The predicted molar refractivity (Wildman–Crippen MR) is 168 cm³/mol. The maximum Gasteiger partial charge on any atom is 0.301 e. The van der Waals surface area contributed by atoms with Gasteiger partial charge in [-0.25, -0.2) is 0 Å². The quantitative estimate of drug-likeness (QED) is 0.0595. The Morgan fingerprint density at radius 3 is 2.47 bits per heavy atom. The lowest BCUT2D eigenvalue weighted by Gasteiger charge is -2.23. The lowest BCUT2D eigenvalue weighted by atomic mass is 9.95. The van der Waals surface area contributed by atoms with Crippen molar-refractivity contribution in [2.45, 2.75) is 16.1 Å².